The third kappa shape index (κ3) is 3.98. The fraction of sp³-hybridized carbons (Fsp3) is 0.333. The van der Waals surface area contributed by atoms with Crippen LogP contribution in [0.15, 0.2) is 40.2 Å². The Kier molecular flexibility index (Phi) is 5.46. The van der Waals surface area contributed by atoms with Crippen molar-refractivity contribution in [2.24, 2.45) is 5.73 Å². The van der Waals surface area contributed by atoms with E-state index in [2.05, 4.69) is 15.9 Å². The third-order valence-electron chi connectivity index (χ3n) is 2.73. The summed E-state index contributed by atoms with van der Waals surface area (Å²) in [5.74, 6) is 1.57. The van der Waals surface area contributed by atoms with E-state index in [0.717, 1.165) is 20.2 Å². The van der Waals surface area contributed by atoms with E-state index in [9.17, 15) is 0 Å². The molecule has 0 radical (unpaired) electrons. The van der Waals surface area contributed by atoms with Gasteiger partial charge in [0.2, 0.25) is 0 Å². The summed E-state index contributed by atoms with van der Waals surface area (Å²) in [6, 6.07) is 11.6. The number of halogens is 1. The summed E-state index contributed by atoms with van der Waals surface area (Å²) in [5.41, 5.74) is 6.06. The SMILES string of the molecule is CCOc1cccc(OC(c2ccc(Br)s2)C(C)N)c1. The van der Waals surface area contributed by atoms with Crippen LogP contribution in [0.4, 0.5) is 0 Å². The van der Waals surface area contributed by atoms with Gasteiger partial charge in [-0.05, 0) is 54.0 Å². The summed E-state index contributed by atoms with van der Waals surface area (Å²) in [7, 11) is 0. The molecule has 108 valence electrons. The van der Waals surface area contributed by atoms with E-state index in [4.69, 9.17) is 15.2 Å². The zero-order valence-electron chi connectivity index (χ0n) is 11.5. The maximum atomic E-state index is 6.06. The minimum atomic E-state index is -0.164. The predicted molar refractivity (Wildman–Crippen MR) is 86.6 cm³/mol. The smallest absolute Gasteiger partial charge is 0.148 e. The number of hydrogen-bond acceptors (Lipinski definition) is 4. The Morgan fingerprint density at radius 3 is 2.60 bits per heavy atom. The summed E-state index contributed by atoms with van der Waals surface area (Å²) in [6.07, 6.45) is -0.164. The number of rotatable bonds is 6. The second kappa shape index (κ2) is 7.11. The molecule has 0 bridgehead atoms. The van der Waals surface area contributed by atoms with E-state index in [1.165, 1.54) is 0 Å². The lowest BCUT2D eigenvalue weighted by atomic mass is 10.1. The highest BCUT2D eigenvalue weighted by Gasteiger charge is 2.20. The van der Waals surface area contributed by atoms with Crippen LogP contribution in [0.1, 0.15) is 24.8 Å². The summed E-state index contributed by atoms with van der Waals surface area (Å²) in [4.78, 5) is 1.11. The first-order valence-electron chi connectivity index (χ1n) is 6.50. The van der Waals surface area contributed by atoms with Crippen LogP contribution >= 0.6 is 27.3 Å². The van der Waals surface area contributed by atoms with Crippen LogP contribution in [0.5, 0.6) is 11.5 Å². The lowest BCUT2D eigenvalue weighted by Crippen LogP contribution is -2.28. The molecule has 2 aromatic rings. The fourth-order valence-electron chi connectivity index (χ4n) is 1.86. The molecule has 0 fully saturated rings. The summed E-state index contributed by atoms with van der Waals surface area (Å²) in [6.45, 7) is 4.55. The Balaban J connectivity index is 2.18. The molecule has 0 spiro atoms. The fourth-order valence-corrected chi connectivity index (χ4v) is 3.43. The molecule has 3 nitrogen and oxygen atoms in total. The average molecular weight is 356 g/mol. The van der Waals surface area contributed by atoms with E-state index in [1.807, 2.05) is 50.2 Å². The molecular weight excluding hydrogens is 338 g/mol. The van der Waals surface area contributed by atoms with Gasteiger partial charge in [-0.1, -0.05) is 6.07 Å². The highest BCUT2D eigenvalue weighted by Crippen LogP contribution is 2.32. The Hall–Kier alpha value is -1.04. The van der Waals surface area contributed by atoms with E-state index >= 15 is 0 Å². The van der Waals surface area contributed by atoms with Crippen molar-refractivity contribution in [3.63, 3.8) is 0 Å². The van der Waals surface area contributed by atoms with Crippen LogP contribution in [-0.2, 0) is 0 Å². The second-order valence-electron chi connectivity index (χ2n) is 4.45. The van der Waals surface area contributed by atoms with E-state index < -0.39 is 0 Å². The van der Waals surface area contributed by atoms with Crippen LogP contribution in [0.25, 0.3) is 0 Å². The Labute approximate surface area is 131 Å². The van der Waals surface area contributed by atoms with Gasteiger partial charge < -0.3 is 15.2 Å². The topological polar surface area (TPSA) is 44.5 Å². The van der Waals surface area contributed by atoms with Crippen molar-refractivity contribution in [3.05, 3.63) is 45.1 Å². The van der Waals surface area contributed by atoms with Crippen LogP contribution < -0.4 is 15.2 Å². The zero-order chi connectivity index (χ0) is 14.5. The predicted octanol–water partition coefficient (Wildman–Crippen LogP) is 4.38. The summed E-state index contributed by atoms with van der Waals surface area (Å²) in [5, 5.41) is 0. The molecule has 0 aliphatic carbocycles. The molecule has 20 heavy (non-hydrogen) atoms. The van der Waals surface area contributed by atoms with Crippen molar-refractivity contribution in [2.75, 3.05) is 6.61 Å². The number of ether oxygens (including phenoxy) is 2. The van der Waals surface area contributed by atoms with Crippen molar-refractivity contribution >= 4 is 27.3 Å². The highest BCUT2D eigenvalue weighted by molar-refractivity contribution is 9.11. The molecule has 0 saturated carbocycles. The van der Waals surface area contributed by atoms with Gasteiger partial charge in [-0.25, -0.2) is 0 Å². The molecule has 2 atom stereocenters. The van der Waals surface area contributed by atoms with Gasteiger partial charge in [0.1, 0.15) is 17.6 Å². The van der Waals surface area contributed by atoms with Gasteiger partial charge >= 0.3 is 0 Å². The van der Waals surface area contributed by atoms with E-state index in [0.29, 0.717) is 6.61 Å². The quantitative estimate of drug-likeness (QED) is 0.836. The minimum Gasteiger partial charge on any atom is -0.494 e. The monoisotopic (exact) mass is 355 g/mol. The van der Waals surface area contributed by atoms with E-state index in [1.54, 1.807) is 11.3 Å². The Morgan fingerprint density at radius 2 is 2.00 bits per heavy atom. The molecule has 1 aromatic heterocycles. The van der Waals surface area contributed by atoms with Crippen molar-refractivity contribution in [3.8, 4) is 11.5 Å². The second-order valence-corrected chi connectivity index (χ2v) is 6.94. The van der Waals surface area contributed by atoms with Gasteiger partial charge in [0, 0.05) is 17.0 Å². The van der Waals surface area contributed by atoms with Gasteiger partial charge in [0.15, 0.2) is 0 Å². The molecule has 5 heteroatoms. The maximum Gasteiger partial charge on any atom is 0.148 e. The molecule has 1 aromatic carbocycles. The molecule has 2 N–H and O–H groups in total. The van der Waals surface area contributed by atoms with Crippen molar-refractivity contribution in [1.29, 1.82) is 0 Å². The average Bonchev–Trinajstić information content (AvgIpc) is 2.83. The zero-order valence-corrected chi connectivity index (χ0v) is 13.9. The molecule has 0 saturated heterocycles. The first-order chi connectivity index (χ1) is 9.60. The molecular formula is C15H18BrNO2S. The molecule has 2 rings (SSSR count). The lowest BCUT2D eigenvalue weighted by Gasteiger charge is -2.21. The van der Waals surface area contributed by atoms with Gasteiger partial charge in [0.05, 0.1) is 10.4 Å². The first kappa shape index (κ1) is 15.4. The summed E-state index contributed by atoms with van der Waals surface area (Å²) < 4.78 is 12.6. The Bertz CT molecular complexity index is 556. The number of thiophene rings is 1. The van der Waals surface area contributed by atoms with Gasteiger partial charge in [-0.15, -0.1) is 11.3 Å². The number of nitrogens with two attached hydrogens (primary N) is 1. The van der Waals surface area contributed by atoms with Crippen LogP contribution in [0.2, 0.25) is 0 Å². The van der Waals surface area contributed by atoms with E-state index in [-0.39, 0.29) is 12.1 Å². The van der Waals surface area contributed by atoms with Crippen molar-refractivity contribution in [1.82, 2.24) is 0 Å². The summed E-state index contributed by atoms with van der Waals surface area (Å²) >= 11 is 5.11. The highest BCUT2D eigenvalue weighted by atomic mass is 79.9. The lowest BCUT2D eigenvalue weighted by molar-refractivity contribution is 0.183. The van der Waals surface area contributed by atoms with Crippen molar-refractivity contribution in [2.45, 2.75) is 26.0 Å². The maximum absolute atomic E-state index is 6.06. The molecule has 0 aliphatic rings. The largest absolute Gasteiger partial charge is 0.494 e. The minimum absolute atomic E-state index is 0.101. The Morgan fingerprint density at radius 1 is 1.25 bits per heavy atom. The van der Waals surface area contributed by atoms with Gasteiger partial charge in [0.25, 0.3) is 0 Å². The first-order valence-corrected chi connectivity index (χ1v) is 8.11. The standard InChI is InChI=1S/C15H18BrNO2S/c1-3-18-11-5-4-6-12(9-11)19-15(10(2)17)13-7-8-14(16)20-13/h4-10,15H,3,17H2,1-2H3. The van der Waals surface area contributed by atoms with Crippen molar-refractivity contribution < 1.29 is 9.47 Å². The molecule has 0 amide bonds. The molecule has 2 unspecified atom stereocenters. The number of benzene rings is 1. The van der Waals surface area contributed by atoms with Crippen LogP contribution in [-0.4, -0.2) is 12.6 Å². The van der Waals surface area contributed by atoms with Crippen LogP contribution in [0.3, 0.4) is 0 Å². The third-order valence-corrected chi connectivity index (χ3v) is 4.42. The van der Waals surface area contributed by atoms with Gasteiger partial charge in [-0.3, -0.25) is 0 Å². The number of hydrogen-bond donors (Lipinski definition) is 1. The normalized spacial score (nSPS) is 13.8. The molecule has 0 aliphatic heterocycles. The molecule has 1 heterocycles. The van der Waals surface area contributed by atoms with Crippen LogP contribution in [0, 0.1) is 0 Å². The van der Waals surface area contributed by atoms with Gasteiger partial charge in [-0.2, -0.15) is 0 Å².